The molecule has 0 spiro atoms. The van der Waals surface area contributed by atoms with E-state index >= 15 is 0 Å². The molecule has 2 aromatic rings. The molecule has 0 aliphatic carbocycles. The highest BCUT2D eigenvalue weighted by atomic mass is 35.5. The van der Waals surface area contributed by atoms with E-state index in [1.807, 2.05) is 4.90 Å². The van der Waals surface area contributed by atoms with Crippen molar-refractivity contribution in [3.63, 3.8) is 0 Å². The van der Waals surface area contributed by atoms with Gasteiger partial charge in [-0.15, -0.1) is 0 Å². The largest absolute Gasteiger partial charge is 0.495 e. The van der Waals surface area contributed by atoms with Gasteiger partial charge >= 0.3 is 0 Å². The fourth-order valence-corrected chi connectivity index (χ4v) is 3.29. The first kappa shape index (κ1) is 18.5. The molecule has 1 aliphatic rings. The molecule has 1 aliphatic heterocycles. The molecule has 7 nitrogen and oxygen atoms in total. The summed E-state index contributed by atoms with van der Waals surface area (Å²) in [4.78, 5) is 26.8. The summed E-state index contributed by atoms with van der Waals surface area (Å²) < 4.78 is 6.22. The fourth-order valence-electron chi connectivity index (χ4n) is 2.85. The third-order valence-electron chi connectivity index (χ3n) is 4.14. The zero-order chi connectivity index (χ0) is 18.7. The number of amides is 1. The Morgan fingerprint density at radius 1 is 1.31 bits per heavy atom. The maximum atomic E-state index is 12.4. The van der Waals surface area contributed by atoms with E-state index in [-0.39, 0.29) is 11.6 Å². The van der Waals surface area contributed by atoms with Crippen LogP contribution < -0.4 is 20.5 Å². The Morgan fingerprint density at radius 3 is 2.73 bits per heavy atom. The first-order valence-electron chi connectivity index (χ1n) is 8.13. The molecule has 2 heterocycles. The zero-order valence-corrected chi connectivity index (χ0v) is 15.7. The number of aromatic nitrogens is 2. The molecule has 0 bridgehead atoms. The standard InChI is InChI=1S/C17H18Cl2N4O3/c1-26-14-5-4-11(18)8-12(14)21-15(24)10-23-17(25)16(19)13(9-20-23)22-6-2-3-7-22/h4-5,8-9H,2-3,6-7,10H2,1H3,(H,21,24). The van der Waals surface area contributed by atoms with Gasteiger partial charge in [-0.2, -0.15) is 5.10 Å². The highest BCUT2D eigenvalue weighted by Crippen LogP contribution is 2.28. The second-order valence-electron chi connectivity index (χ2n) is 5.89. The molecule has 1 aromatic heterocycles. The number of hydrogen-bond donors (Lipinski definition) is 1. The Hall–Kier alpha value is -2.25. The molecule has 1 fully saturated rings. The minimum absolute atomic E-state index is 0.0787. The van der Waals surface area contributed by atoms with Crippen molar-refractivity contribution in [2.24, 2.45) is 0 Å². The van der Waals surface area contributed by atoms with Crippen molar-refractivity contribution < 1.29 is 9.53 Å². The van der Waals surface area contributed by atoms with Crippen LogP contribution in [0.4, 0.5) is 11.4 Å². The third-order valence-corrected chi connectivity index (χ3v) is 4.73. The van der Waals surface area contributed by atoms with Crippen LogP contribution in [0.5, 0.6) is 5.75 Å². The van der Waals surface area contributed by atoms with Gasteiger partial charge in [-0.3, -0.25) is 9.59 Å². The highest BCUT2D eigenvalue weighted by molar-refractivity contribution is 6.33. The number of halogens is 2. The molecule has 0 saturated carbocycles. The summed E-state index contributed by atoms with van der Waals surface area (Å²) in [6.45, 7) is 1.42. The molecule has 1 saturated heterocycles. The van der Waals surface area contributed by atoms with Gasteiger partial charge in [0.15, 0.2) is 0 Å². The van der Waals surface area contributed by atoms with E-state index in [2.05, 4.69) is 10.4 Å². The number of nitrogens with zero attached hydrogens (tertiary/aromatic N) is 3. The third kappa shape index (κ3) is 3.94. The van der Waals surface area contributed by atoms with Crippen molar-refractivity contribution in [3.8, 4) is 5.75 Å². The van der Waals surface area contributed by atoms with Crippen molar-refractivity contribution in [1.82, 2.24) is 9.78 Å². The van der Waals surface area contributed by atoms with Crippen molar-refractivity contribution in [2.45, 2.75) is 19.4 Å². The van der Waals surface area contributed by atoms with Crippen LogP contribution in [0.3, 0.4) is 0 Å². The summed E-state index contributed by atoms with van der Waals surface area (Å²) in [5, 5.41) is 7.28. The lowest BCUT2D eigenvalue weighted by Crippen LogP contribution is -2.32. The lowest BCUT2D eigenvalue weighted by Gasteiger charge is -2.18. The molecule has 138 valence electrons. The first-order chi connectivity index (χ1) is 12.5. The second kappa shape index (κ2) is 7.97. The van der Waals surface area contributed by atoms with Crippen LogP contribution in [0.25, 0.3) is 0 Å². The molecule has 1 amide bonds. The quantitative estimate of drug-likeness (QED) is 0.840. The van der Waals surface area contributed by atoms with E-state index in [1.54, 1.807) is 18.2 Å². The van der Waals surface area contributed by atoms with Crippen LogP contribution in [0.2, 0.25) is 10.0 Å². The molecule has 26 heavy (non-hydrogen) atoms. The predicted molar refractivity (Wildman–Crippen MR) is 102 cm³/mol. The summed E-state index contributed by atoms with van der Waals surface area (Å²) in [6, 6.07) is 4.86. The van der Waals surface area contributed by atoms with Gasteiger partial charge in [0, 0.05) is 18.1 Å². The van der Waals surface area contributed by atoms with Gasteiger partial charge in [-0.1, -0.05) is 23.2 Å². The van der Waals surface area contributed by atoms with Crippen molar-refractivity contribution in [2.75, 3.05) is 30.4 Å². The van der Waals surface area contributed by atoms with Gasteiger partial charge in [0.25, 0.3) is 5.56 Å². The predicted octanol–water partition coefficient (Wildman–Crippen LogP) is 2.80. The smallest absolute Gasteiger partial charge is 0.288 e. The van der Waals surface area contributed by atoms with Crippen LogP contribution >= 0.6 is 23.2 Å². The topological polar surface area (TPSA) is 76.5 Å². The number of nitrogens with one attached hydrogen (secondary N) is 1. The number of carbonyl (C=O) groups is 1. The van der Waals surface area contributed by atoms with E-state index in [4.69, 9.17) is 27.9 Å². The number of hydrogen-bond acceptors (Lipinski definition) is 5. The Morgan fingerprint density at radius 2 is 2.04 bits per heavy atom. The molecule has 1 N–H and O–H groups in total. The Labute approximate surface area is 160 Å². The zero-order valence-electron chi connectivity index (χ0n) is 14.2. The minimum atomic E-state index is -0.496. The van der Waals surface area contributed by atoms with Gasteiger partial charge in [-0.05, 0) is 31.0 Å². The fraction of sp³-hybridized carbons (Fsp3) is 0.353. The average Bonchev–Trinajstić information content (AvgIpc) is 3.14. The lowest BCUT2D eigenvalue weighted by atomic mass is 10.3. The average molecular weight is 397 g/mol. The molecular formula is C17H18Cl2N4O3. The normalized spacial score (nSPS) is 13.7. The van der Waals surface area contributed by atoms with Crippen molar-refractivity contribution in [3.05, 3.63) is 44.8 Å². The first-order valence-corrected chi connectivity index (χ1v) is 8.89. The van der Waals surface area contributed by atoms with E-state index in [1.165, 1.54) is 13.3 Å². The summed E-state index contributed by atoms with van der Waals surface area (Å²) >= 11 is 12.2. The molecule has 0 atom stereocenters. The summed E-state index contributed by atoms with van der Waals surface area (Å²) in [5.74, 6) is 0.0237. The van der Waals surface area contributed by atoms with E-state index < -0.39 is 11.5 Å². The van der Waals surface area contributed by atoms with Crippen molar-refractivity contribution >= 4 is 40.5 Å². The number of rotatable bonds is 5. The summed E-state index contributed by atoms with van der Waals surface area (Å²) in [6.07, 6.45) is 3.65. The van der Waals surface area contributed by atoms with Crippen LogP contribution in [0, 0.1) is 0 Å². The highest BCUT2D eigenvalue weighted by Gasteiger charge is 2.19. The van der Waals surface area contributed by atoms with Crippen LogP contribution in [-0.4, -0.2) is 35.9 Å². The summed E-state index contributed by atoms with van der Waals surface area (Å²) in [5.41, 5.74) is 0.532. The van der Waals surface area contributed by atoms with Gasteiger partial charge < -0.3 is 15.0 Å². The molecule has 0 unspecified atom stereocenters. The minimum Gasteiger partial charge on any atom is -0.495 e. The van der Waals surface area contributed by atoms with E-state index in [0.717, 1.165) is 30.6 Å². The Bertz CT molecular complexity index is 879. The molecule has 0 radical (unpaired) electrons. The number of carbonyl (C=O) groups excluding carboxylic acids is 1. The lowest BCUT2D eigenvalue weighted by molar-refractivity contribution is -0.117. The van der Waals surface area contributed by atoms with E-state index in [0.29, 0.717) is 22.1 Å². The number of benzene rings is 1. The van der Waals surface area contributed by atoms with E-state index in [9.17, 15) is 9.59 Å². The SMILES string of the molecule is COc1ccc(Cl)cc1NC(=O)Cn1ncc(N2CCCC2)c(Cl)c1=O. The van der Waals surface area contributed by atoms with Gasteiger partial charge in [-0.25, -0.2) is 4.68 Å². The maximum Gasteiger partial charge on any atom is 0.288 e. The summed E-state index contributed by atoms with van der Waals surface area (Å²) in [7, 11) is 1.49. The van der Waals surface area contributed by atoms with Crippen molar-refractivity contribution in [1.29, 1.82) is 0 Å². The number of anilines is 2. The Kier molecular flexibility index (Phi) is 5.68. The molecule has 3 rings (SSSR count). The monoisotopic (exact) mass is 396 g/mol. The van der Waals surface area contributed by atoms with Gasteiger partial charge in [0.1, 0.15) is 17.3 Å². The van der Waals surface area contributed by atoms with Gasteiger partial charge in [0.05, 0.1) is 24.7 Å². The van der Waals surface area contributed by atoms with Gasteiger partial charge in [0.2, 0.25) is 5.91 Å². The molecule has 9 heteroatoms. The molecule has 1 aromatic carbocycles. The van der Waals surface area contributed by atoms with Crippen LogP contribution in [0.15, 0.2) is 29.2 Å². The maximum absolute atomic E-state index is 12.4. The van der Waals surface area contributed by atoms with Crippen LogP contribution in [0.1, 0.15) is 12.8 Å². The van der Waals surface area contributed by atoms with Crippen LogP contribution in [-0.2, 0) is 11.3 Å². The second-order valence-corrected chi connectivity index (χ2v) is 6.71. The Balaban J connectivity index is 1.76. The number of ether oxygens (including phenoxy) is 1. The number of methoxy groups -OCH3 is 1. The molecular weight excluding hydrogens is 379 g/mol.